The van der Waals surface area contributed by atoms with E-state index in [9.17, 15) is 9.18 Å². The number of carbonyl (C=O) groups is 1. The van der Waals surface area contributed by atoms with Crippen molar-refractivity contribution in [1.29, 1.82) is 0 Å². The minimum atomic E-state index is -0.294. The van der Waals surface area contributed by atoms with Crippen molar-refractivity contribution >= 4 is 5.91 Å². The molecule has 2 N–H and O–H groups in total. The molecule has 0 radical (unpaired) electrons. The Hall–Kier alpha value is -1.62. The lowest BCUT2D eigenvalue weighted by atomic mass is 9.85. The predicted molar refractivity (Wildman–Crippen MR) is 70.5 cm³/mol. The number of nitrogens with zero attached hydrogens (tertiary/aromatic N) is 1. The Kier molecular flexibility index (Phi) is 4.04. The zero-order valence-corrected chi connectivity index (χ0v) is 11.2. The van der Waals surface area contributed by atoms with Crippen LogP contribution in [-0.4, -0.2) is 37.0 Å². The third kappa shape index (κ3) is 2.87. The van der Waals surface area contributed by atoms with Gasteiger partial charge in [0.15, 0.2) is 0 Å². The van der Waals surface area contributed by atoms with Crippen molar-refractivity contribution in [2.75, 3.05) is 20.2 Å². The molecule has 1 aliphatic rings. The zero-order chi connectivity index (χ0) is 14.0. The van der Waals surface area contributed by atoms with E-state index in [0.29, 0.717) is 18.8 Å². The minimum Gasteiger partial charge on any atom is -0.496 e. The third-order valence-corrected chi connectivity index (χ3v) is 3.69. The highest BCUT2D eigenvalue weighted by atomic mass is 19.1. The summed E-state index contributed by atoms with van der Waals surface area (Å²) in [5.41, 5.74) is 6.93. The minimum absolute atomic E-state index is 0.0150. The molecular formula is C14H19FN2O2. The van der Waals surface area contributed by atoms with E-state index in [1.165, 1.54) is 19.1 Å². The van der Waals surface area contributed by atoms with Crippen LogP contribution >= 0.6 is 0 Å². The second-order valence-corrected chi connectivity index (χ2v) is 4.91. The summed E-state index contributed by atoms with van der Waals surface area (Å²) >= 11 is 0. The maximum atomic E-state index is 13.4. The van der Waals surface area contributed by atoms with Crippen LogP contribution in [0.4, 0.5) is 4.39 Å². The van der Waals surface area contributed by atoms with Crippen LogP contribution in [0.1, 0.15) is 24.8 Å². The first-order chi connectivity index (χ1) is 9.02. The molecule has 2 atom stereocenters. The molecule has 1 aromatic carbocycles. The fraction of sp³-hybridized carbons (Fsp3) is 0.500. The summed E-state index contributed by atoms with van der Waals surface area (Å²) in [4.78, 5) is 13.1. The Labute approximate surface area is 112 Å². The number of likely N-dealkylation sites (tertiary alicyclic amines) is 1. The number of piperidine rings is 1. The van der Waals surface area contributed by atoms with Gasteiger partial charge in [-0.15, -0.1) is 0 Å². The Morgan fingerprint density at radius 2 is 2.26 bits per heavy atom. The molecule has 0 aliphatic carbocycles. The van der Waals surface area contributed by atoms with Gasteiger partial charge in [-0.25, -0.2) is 4.39 Å². The van der Waals surface area contributed by atoms with Crippen molar-refractivity contribution in [2.24, 2.45) is 5.73 Å². The molecule has 4 nitrogen and oxygen atoms in total. The van der Waals surface area contributed by atoms with E-state index in [4.69, 9.17) is 10.5 Å². The van der Waals surface area contributed by atoms with Gasteiger partial charge >= 0.3 is 0 Å². The van der Waals surface area contributed by atoms with Gasteiger partial charge in [0.25, 0.3) is 0 Å². The van der Waals surface area contributed by atoms with Gasteiger partial charge < -0.3 is 15.4 Å². The second-order valence-electron chi connectivity index (χ2n) is 4.91. The number of hydrogen-bond donors (Lipinski definition) is 1. The van der Waals surface area contributed by atoms with Gasteiger partial charge in [-0.1, -0.05) is 0 Å². The van der Waals surface area contributed by atoms with Crippen molar-refractivity contribution in [1.82, 2.24) is 4.90 Å². The first kappa shape index (κ1) is 13.8. The third-order valence-electron chi connectivity index (χ3n) is 3.69. The van der Waals surface area contributed by atoms with Crippen LogP contribution in [0, 0.1) is 5.82 Å². The monoisotopic (exact) mass is 266 g/mol. The number of methoxy groups -OCH3 is 1. The van der Waals surface area contributed by atoms with Crippen molar-refractivity contribution in [3.8, 4) is 5.75 Å². The summed E-state index contributed by atoms with van der Waals surface area (Å²) in [6, 6.07) is 4.27. The molecule has 2 unspecified atom stereocenters. The van der Waals surface area contributed by atoms with Gasteiger partial charge in [0.2, 0.25) is 5.91 Å². The standard InChI is InChI=1S/C14H19FN2O2/c1-9(18)17-6-5-11(13(16)8-17)12-7-10(15)3-4-14(12)19-2/h3-4,7,11,13H,5-6,8,16H2,1-2H3. The lowest BCUT2D eigenvalue weighted by Crippen LogP contribution is -2.49. The number of halogens is 1. The van der Waals surface area contributed by atoms with Crippen LogP contribution in [-0.2, 0) is 4.79 Å². The summed E-state index contributed by atoms with van der Waals surface area (Å²) in [7, 11) is 1.56. The van der Waals surface area contributed by atoms with E-state index in [1.807, 2.05) is 0 Å². The molecule has 19 heavy (non-hydrogen) atoms. The van der Waals surface area contributed by atoms with Crippen LogP contribution in [0.5, 0.6) is 5.75 Å². The average molecular weight is 266 g/mol. The van der Waals surface area contributed by atoms with Gasteiger partial charge in [0, 0.05) is 37.5 Å². The Balaban J connectivity index is 2.23. The van der Waals surface area contributed by atoms with E-state index in [-0.39, 0.29) is 23.7 Å². The Morgan fingerprint density at radius 3 is 2.84 bits per heavy atom. The topological polar surface area (TPSA) is 55.6 Å². The molecule has 1 amide bonds. The van der Waals surface area contributed by atoms with E-state index < -0.39 is 0 Å². The van der Waals surface area contributed by atoms with Crippen LogP contribution < -0.4 is 10.5 Å². The van der Waals surface area contributed by atoms with E-state index >= 15 is 0 Å². The van der Waals surface area contributed by atoms with Crippen molar-refractivity contribution < 1.29 is 13.9 Å². The van der Waals surface area contributed by atoms with E-state index in [0.717, 1.165) is 12.0 Å². The molecule has 1 fully saturated rings. The summed E-state index contributed by atoms with van der Waals surface area (Å²) < 4.78 is 18.7. The summed E-state index contributed by atoms with van der Waals surface area (Å²) in [5.74, 6) is 0.400. The molecule has 5 heteroatoms. The summed E-state index contributed by atoms with van der Waals surface area (Å²) in [6.45, 7) is 2.68. The normalized spacial score (nSPS) is 23.3. The molecule has 2 rings (SSSR count). The van der Waals surface area contributed by atoms with Crippen LogP contribution in [0.15, 0.2) is 18.2 Å². The maximum absolute atomic E-state index is 13.4. The molecule has 0 spiro atoms. The largest absolute Gasteiger partial charge is 0.496 e. The molecule has 104 valence electrons. The number of carbonyl (C=O) groups excluding carboxylic acids is 1. The highest BCUT2D eigenvalue weighted by Gasteiger charge is 2.30. The van der Waals surface area contributed by atoms with Crippen LogP contribution in [0.2, 0.25) is 0 Å². The number of ether oxygens (including phenoxy) is 1. The molecule has 1 saturated heterocycles. The molecular weight excluding hydrogens is 247 g/mol. The second kappa shape index (κ2) is 5.57. The van der Waals surface area contributed by atoms with Crippen LogP contribution in [0.25, 0.3) is 0 Å². The van der Waals surface area contributed by atoms with Crippen molar-refractivity contribution in [3.05, 3.63) is 29.6 Å². The first-order valence-corrected chi connectivity index (χ1v) is 6.37. The summed E-state index contributed by atoms with van der Waals surface area (Å²) in [6.07, 6.45) is 0.723. The fourth-order valence-electron chi connectivity index (χ4n) is 2.65. The molecule has 1 heterocycles. The average Bonchev–Trinajstić information content (AvgIpc) is 2.38. The van der Waals surface area contributed by atoms with E-state index in [2.05, 4.69) is 0 Å². The highest BCUT2D eigenvalue weighted by molar-refractivity contribution is 5.73. The number of rotatable bonds is 2. The lowest BCUT2D eigenvalue weighted by Gasteiger charge is -2.36. The van der Waals surface area contributed by atoms with Crippen molar-refractivity contribution in [3.63, 3.8) is 0 Å². The lowest BCUT2D eigenvalue weighted by molar-refractivity contribution is -0.130. The van der Waals surface area contributed by atoms with Crippen molar-refractivity contribution in [2.45, 2.75) is 25.3 Å². The molecule has 0 bridgehead atoms. The fourth-order valence-corrected chi connectivity index (χ4v) is 2.65. The van der Waals surface area contributed by atoms with Gasteiger partial charge in [0.1, 0.15) is 11.6 Å². The molecule has 0 saturated carbocycles. The highest BCUT2D eigenvalue weighted by Crippen LogP contribution is 2.34. The zero-order valence-electron chi connectivity index (χ0n) is 11.2. The van der Waals surface area contributed by atoms with E-state index in [1.54, 1.807) is 18.1 Å². The predicted octanol–water partition coefficient (Wildman–Crippen LogP) is 1.50. The van der Waals surface area contributed by atoms with Gasteiger partial charge in [-0.3, -0.25) is 4.79 Å². The summed E-state index contributed by atoms with van der Waals surface area (Å²) in [5, 5.41) is 0. The van der Waals surface area contributed by atoms with Gasteiger partial charge in [0.05, 0.1) is 7.11 Å². The van der Waals surface area contributed by atoms with Crippen LogP contribution in [0.3, 0.4) is 0 Å². The van der Waals surface area contributed by atoms with Gasteiger partial charge in [-0.05, 0) is 24.6 Å². The molecule has 1 aliphatic heterocycles. The molecule has 0 aromatic heterocycles. The molecule has 1 aromatic rings. The quantitative estimate of drug-likeness (QED) is 0.882. The Bertz CT molecular complexity index is 479. The number of benzene rings is 1. The number of amides is 1. The SMILES string of the molecule is COc1ccc(F)cc1C1CCN(C(C)=O)CC1N. The number of nitrogens with two attached hydrogens (primary N) is 1. The smallest absolute Gasteiger partial charge is 0.219 e. The van der Waals surface area contributed by atoms with Gasteiger partial charge in [-0.2, -0.15) is 0 Å². The first-order valence-electron chi connectivity index (χ1n) is 6.37. The Morgan fingerprint density at radius 1 is 1.53 bits per heavy atom. The number of hydrogen-bond acceptors (Lipinski definition) is 3. The maximum Gasteiger partial charge on any atom is 0.219 e.